The van der Waals surface area contributed by atoms with Gasteiger partial charge in [0.1, 0.15) is 6.10 Å². The summed E-state index contributed by atoms with van der Waals surface area (Å²) in [6, 6.07) is 0. The number of ketones is 1. The molecule has 0 spiro atoms. The van der Waals surface area contributed by atoms with Crippen LogP contribution >= 0.6 is 0 Å². The summed E-state index contributed by atoms with van der Waals surface area (Å²) in [4.78, 5) is 11.9. The van der Waals surface area contributed by atoms with Crippen molar-refractivity contribution >= 4 is 5.78 Å². The van der Waals surface area contributed by atoms with Crippen LogP contribution in [0.3, 0.4) is 0 Å². The van der Waals surface area contributed by atoms with Crippen LogP contribution in [0.1, 0.15) is 52.4 Å². The van der Waals surface area contributed by atoms with E-state index in [0.29, 0.717) is 24.0 Å². The average Bonchev–Trinajstić information content (AvgIpc) is 2.69. The lowest BCUT2D eigenvalue weighted by atomic mass is 9.93. The SMILES string of the molecule is COC(C(=O)CCC(C)C)C1CCCC1. The van der Waals surface area contributed by atoms with Crippen LogP contribution in [0, 0.1) is 11.8 Å². The Kier molecular flexibility index (Phi) is 5.30. The summed E-state index contributed by atoms with van der Waals surface area (Å²) in [5.74, 6) is 1.42. The molecule has 0 radical (unpaired) electrons. The molecule has 0 amide bonds. The molecule has 0 N–H and O–H groups in total. The number of rotatable bonds is 6. The minimum Gasteiger partial charge on any atom is -0.373 e. The number of Topliss-reactive ketones (excluding diaryl/α,β-unsaturated/α-hetero) is 1. The second-order valence-corrected chi connectivity index (χ2v) is 5.10. The number of carbonyl (C=O) groups is 1. The van der Waals surface area contributed by atoms with Gasteiger partial charge in [-0.15, -0.1) is 0 Å². The van der Waals surface area contributed by atoms with E-state index in [4.69, 9.17) is 4.74 Å². The maximum Gasteiger partial charge on any atom is 0.161 e. The fraction of sp³-hybridized carbons (Fsp3) is 0.923. The van der Waals surface area contributed by atoms with Gasteiger partial charge >= 0.3 is 0 Å². The van der Waals surface area contributed by atoms with Crippen LogP contribution in [0.15, 0.2) is 0 Å². The molecule has 1 aliphatic carbocycles. The zero-order valence-electron chi connectivity index (χ0n) is 10.3. The lowest BCUT2D eigenvalue weighted by molar-refractivity contribution is -0.132. The number of methoxy groups -OCH3 is 1. The monoisotopic (exact) mass is 212 g/mol. The summed E-state index contributed by atoms with van der Waals surface area (Å²) >= 11 is 0. The van der Waals surface area contributed by atoms with E-state index in [0.717, 1.165) is 6.42 Å². The number of hydrogen-bond donors (Lipinski definition) is 0. The fourth-order valence-electron chi connectivity index (χ4n) is 2.42. The van der Waals surface area contributed by atoms with Crippen molar-refractivity contribution in [2.75, 3.05) is 7.11 Å². The zero-order valence-corrected chi connectivity index (χ0v) is 10.3. The van der Waals surface area contributed by atoms with Crippen LogP contribution in [0.2, 0.25) is 0 Å². The summed E-state index contributed by atoms with van der Waals surface area (Å²) in [5, 5.41) is 0. The lowest BCUT2D eigenvalue weighted by Crippen LogP contribution is -2.30. The van der Waals surface area contributed by atoms with E-state index in [2.05, 4.69) is 13.8 Å². The van der Waals surface area contributed by atoms with E-state index in [9.17, 15) is 4.79 Å². The molecule has 0 aromatic heterocycles. The van der Waals surface area contributed by atoms with Gasteiger partial charge in [-0.3, -0.25) is 4.79 Å². The molecule has 88 valence electrons. The molecule has 1 atom stereocenters. The Labute approximate surface area is 93.4 Å². The molecule has 15 heavy (non-hydrogen) atoms. The summed E-state index contributed by atoms with van der Waals surface area (Å²) in [6.45, 7) is 4.31. The van der Waals surface area contributed by atoms with Crippen molar-refractivity contribution in [3.05, 3.63) is 0 Å². The first-order valence-corrected chi connectivity index (χ1v) is 6.20. The maximum atomic E-state index is 11.9. The van der Waals surface area contributed by atoms with Crippen LogP contribution in [-0.4, -0.2) is 19.0 Å². The lowest BCUT2D eigenvalue weighted by Gasteiger charge is -2.20. The van der Waals surface area contributed by atoms with Crippen LogP contribution in [0.4, 0.5) is 0 Å². The highest BCUT2D eigenvalue weighted by molar-refractivity contribution is 5.83. The maximum absolute atomic E-state index is 11.9. The van der Waals surface area contributed by atoms with Gasteiger partial charge in [-0.1, -0.05) is 26.7 Å². The van der Waals surface area contributed by atoms with Crippen LogP contribution in [0.5, 0.6) is 0 Å². The van der Waals surface area contributed by atoms with Crippen molar-refractivity contribution in [2.45, 2.75) is 58.5 Å². The van der Waals surface area contributed by atoms with Crippen molar-refractivity contribution in [1.82, 2.24) is 0 Å². The van der Waals surface area contributed by atoms with Gasteiger partial charge in [0.25, 0.3) is 0 Å². The molecular formula is C13H24O2. The van der Waals surface area contributed by atoms with E-state index >= 15 is 0 Å². The van der Waals surface area contributed by atoms with Gasteiger partial charge in [0.05, 0.1) is 0 Å². The largest absolute Gasteiger partial charge is 0.373 e. The molecule has 1 aliphatic rings. The van der Waals surface area contributed by atoms with E-state index in [-0.39, 0.29) is 6.10 Å². The topological polar surface area (TPSA) is 26.3 Å². The minimum atomic E-state index is -0.119. The van der Waals surface area contributed by atoms with Crippen LogP contribution < -0.4 is 0 Å². The smallest absolute Gasteiger partial charge is 0.161 e. The first kappa shape index (κ1) is 12.7. The van der Waals surface area contributed by atoms with Gasteiger partial charge in [-0.2, -0.15) is 0 Å². The first-order valence-electron chi connectivity index (χ1n) is 6.20. The second-order valence-electron chi connectivity index (χ2n) is 5.10. The standard InChI is InChI=1S/C13H24O2/c1-10(2)8-9-12(14)13(15-3)11-6-4-5-7-11/h10-11,13H,4-9H2,1-3H3. The van der Waals surface area contributed by atoms with Crippen LogP contribution in [-0.2, 0) is 9.53 Å². The highest BCUT2D eigenvalue weighted by atomic mass is 16.5. The van der Waals surface area contributed by atoms with Crippen molar-refractivity contribution in [2.24, 2.45) is 11.8 Å². The van der Waals surface area contributed by atoms with Crippen molar-refractivity contribution in [3.63, 3.8) is 0 Å². The van der Waals surface area contributed by atoms with Gasteiger partial charge in [-0.05, 0) is 31.1 Å². The van der Waals surface area contributed by atoms with Gasteiger partial charge in [0, 0.05) is 13.5 Å². The number of carbonyl (C=O) groups excluding carboxylic acids is 1. The predicted octanol–water partition coefficient (Wildman–Crippen LogP) is 3.20. The van der Waals surface area contributed by atoms with Gasteiger partial charge in [0.2, 0.25) is 0 Å². The van der Waals surface area contributed by atoms with Crippen molar-refractivity contribution in [1.29, 1.82) is 0 Å². The normalized spacial score (nSPS) is 19.7. The molecular weight excluding hydrogens is 188 g/mol. The summed E-state index contributed by atoms with van der Waals surface area (Å²) in [7, 11) is 1.68. The van der Waals surface area contributed by atoms with E-state index in [1.54, 1.807) is 7.11 Å². The van der Waals surface area contributed by atoms with E-state index in [1.807, 2.05) is 0 Å². The predicted molar refractivity (Wildman–Crippen MR) is 61.8 cm³/mol. The third kappa shape index (κ3) is 3.94. The van der Waals surface area contributed by atoms with Gasteiger partial charge in [-0.25, -0.2) is 0 Å². The molecule has 1 unspecified atom stereocenters. The Morgan fingerprint density at radius 3 is 2.40 bits per heavy atom. The van der Waals surface area contributed by atoms with Gasteiger partial charge in [0.15, 0.2) is 5.78 Å². The molecule has 0 heterocycles. The Bertz CT molecular complexity index is 193. The molecule has 1 saturated carbocycles. The van der Waals surface area contributed by atoms with E-state index < -0.39 is 0 Å². The Morgan fingerprint density at radius 2 is 1.93 bits per heavy atom. The second kappa shape index (κ2) is 6.26. The molecule has 0 saturated heterocycles. The van der Waals surface area contributed by atoms with Crippen molar-refractivity contribution < 1.29 is 9.53 Å². The van der Waals surface area contributed by atoms with Crippen molar-refractivity contribution in [3.8, 4) is 0 Å². The molecule has 0 bridgehead atoms. The Hall–Kier alpha value is -0.370. The highest BCUT2D eigenvalue weighted by Crippen LogP contribution is 2.30. The third-order valence-corrected chi connectivity index (χ3v) is 3.37. The quantitative estimate of drug-likeness (QED) is 0.676. The molecule has 1 rings (SSSR count). The third-order valence-electron chi connectivity index (χ3n) is 3.37. The summed E-state index contributed by atoms with van der Waals surface area (Å²) in [6.07, 6.45) is 6.44. The molecule has 0 aliphatic heterocycles. The number of ether oxygens (including phenoxy) is 1. The summed E-state index contributed by atoms with van der Waals surface area (Å²) in [5.41, 5.74) is 0. The van der Waals surface area contributed by atoms with Gasteiger partial charge < -0.3 is 4.74 Å². The molecule has 2 heteroatoms. The molecule has 2 nitrogen and oxygen atoms in total. The first-order chi connectivity index (χ1) is 7.15. The molecule has 0 aromatic carbocycles. The molecule has 1 fully saturated rings. The summed E-state index contributed by atoms with van der Waals surface area (Å²) < 4.78 is 5.38. The van der Waals surface area contributed by atoms with E-state index in [1.165, 1.54) is 25.7 Å². The zero-order chi connectivity index (χ0) is 11.3. The van der Waals surface area contributed by atoms with Crippen LogP contribution in [0.25, 0.3) is 0 Å². The Balaban J connectivity index is 2.39. The highest BCUT2D eigenvalue weighted by Gasteiger charge is 2.29. The Morgan fingerprint density at radius 1 is 1.33 bits per heavy atom. The molecule has 0 aromatic rings. The minimum absolute atomic E-state index is 0.119. The fourth-order valence-corrected chi connectivity index (χ4v) is 2.42. The number of hydrogen-bond acceptors (Lipinski definition) is 2. The average molecular weight is 212 g/mol.